The van der Waals surface area contributed by atoms with Gasteiger partial charge in [-0.15, -0.1) is 11.4 Å². The van der Waals surface area contributed by atoms with Crippen molar-refractivity contribution in [2.24, 2.45) is 11.8 Å². The van der Waals surface area contributed by atoms with Gasteiger partial charge in [-0.05, 0) is 5.92 Å². The Morgan fingerprint density at radius 3 is 2.09 bits per heavy atom. The first kappa shape index (κ1) is 8.85. The summed E-state index contributed by atoms with van der Waals surface area (Å²) < 4.78 is 5.43. The summed E-state index contributed by atoms with van der Waals surface area (Å²) in [6.45, 7) is 8.73. The van der Waals surface area contributed by atoms with Crippen molar-refractivity contribution in [3.05, 3.63) is 11.2 Å². The average molecular weight is 172 g/mol. The largest absolute Gasteiger partial charge is 0.462 e. The quantitative estimate of drug-likeness (QED) is 0.498. The van der Waals surface area contributed by atoms with Crippen LogP contribution in [0.4, 0.5) is 0 Å². The molecule has 0 bridgehead atoms. The van der Waals surface area contributed by atoms with Crippen LogP contribution < -0.4 is 0 Å². The standard InChI is InChI=1S/C9H16OS/c1-6(2)8-5-10-9(11-8)7(3)4/h5-7,11H,1-4H3. The van der Waals surface area contributed by atoms with Crippen molar-refractivity contribution < 1.29 is 4.74 Å². The van der Waals surface area contributed by atoms with Gasteiger partial charge in [-0.2, -0.15) is 0 Å². The fourth-order valence-electron chi connectivity index (χ4n) is 0.831. The molecule has 0 aromatic heterocycles. The van der Waals surface area contributed by atoms with E-state index >= 15 is 0 Å². The van der Waals surface area contributed by atoms with Crippen LogP contribution >= 0.6 is 11.4 Å². The molecule has 0 spiro atoms. The van der Waals surface area contributed by atoms with Crippen LogP contribution in [0.5, 0.6) is 0 Å². The maximum Gasteiger partial charge on any atom is 0.131 e. The maximum absolute atomic E-state index is 5.43. The summed E-state index contributed by atoms with van der Waals surface area (Å²) in [4.78, 5) is 1.40. The normalized spacial score (nSPS) is 17.6. The third-order valence-corrected chi connectivity index (χ3v) is 3.35. The van der Waals surface area contributed by atoms with Crippen molar-refractivity contribution in [3.63, 3.8) is 0 Å². The van der Waals surface area contributed by atoms with Crippen LogP contribution in [0.25, 0.3) is 0 Å². The molecule has 0 atom stereocenters. The Balaban J connectivity index is 2.63. The highest BCUT2D eigenvalue weighted by atomic mass is 32.1. The van der Waals surface area contributed by atoms with Crippen molar-refractivity contribution in [1.29, 1.82) is 0 Å². The predicted octanol–water partition coefficient (Wildman–Crippen LogP) is 2.77. The minimum Gasteiger partial charge on any atom is -0.462 e. The van der Waals surface area contributed by atoms with Crippen molar-refractivity contribution in [1.82, 2.24) is 0 Å². The molecule has 0 radical (unpaired) electrons. The Kier molecular flexibility index (Phi) is 2.77. The molecule has 1 rings (SSSR count). The molecule has 0 aliphatic carbocycles. The molecule has 0 saturated carbocycles. The lowest BCUT2D eigenvalue weighted by molar-refractivity contribution is 0.450. The maximum atomic E-state index is 5.43. The van der Waals surface area contributed by atoms with E-state index in [9.17, 15) is 0 Å². The molecule has 1 heterocycles. The number of ether oxygens (including phenoxy) is 1. The van der Waals surface area contributed by atoms with Gasteiger partial charge in [0.2, 0.25) is 0 Å². The number of hydrogen-bond acceptors (Lipinski definition) is 1. The molecule has 0 unspecified atom stereocenters. The van der Waals surface area contributed by atoms with Crippen LogP contribution in [-0.4, -0.2) is 5.05 Å². The average Bonchev–Trinajstić information content (AvgIpc) is 2.33. The van der Waals surface area contributed by atoms with Gasteiger partial charge in [0.15, 0.2) is 0 Å². The Labute approximate surface area is 72.4 Å². The van der Waals surface area contributed by atoms with Gasteiger partial charge >= 0.3 is 0 Å². The highest BCUT2D eigenvalue weighted by molar-refractivity contribution is 8.02. The summed E-state index contributed by atoms with van der Waals surface area (Å²) in [6, 6.07) is 0. The minimum absolute atomic E-state index is 0.546. The van der Waals surface area contributed by atoms with Gasteiger partial charge < -0.3 is 4.74 Å². The first-order valence-electron chi connectivity index (χ1n) is 4.06. The van der Waals surface area contributed by atoms with E-state index in [0.29, 0.717) is 11.8 Å². The fourth-order valence-corrected chi connectivity index (χ4v) is 1.81. The molecule has 0 N–H and O–H groups in total. The number of allylic oxidation sites excluding steroid dienone is 1. The highest BCUT2D eigenvalue weighted by Gasteiger charge is 2.13. The summed E-state index contributed by atoms with van der Waals surface area (Å²) >= 11 is 1.29. The Morgan fingerprint density at radius 1 is 1.18 bits per heavy atom. The van der Waals surface area contributed by atoms with Gasteiger partial charge in [-0.1, -0.05) is 27.7 Å². The molecule has 64 valence electrons. The summed E-state index contributed by atoms with van der Waals surface area (Å²) in [7, 11) is 0. The molecule has 1 nitrogen and oxygen atoms in total. The zero-order valence-electron chi connectivity index (χ0n) is 7.59. The fraction of sp³-hybridized carbons (Fsp3) is 0.667. The van der Waals surface area contributed by atoms with Crippen molar-refractivity contribution >= 4 is 16.4 Å². The Hall–Kier alpha value is -0.240. The second kappa shape index (κ2) is 3.44. The molecule has 11 heavy (non-hydrogen) atoms. The van der Waals surface area contributed by atoms with Gasteiger partial charge in [0.25, 0.3) is 0 Å². The zero-order valence-corrected chi connectivity index (χ0v) is 8.48. The molecule has 0 saturated heterocycles. The molecular formula is C9H16OS. The second-order valence-corrected chi connectivity index (χ2v) is 4.60. The van der Waals surface area contributed by atoms with E-state index in [0.717, 1.165) is 0 Å². The van der Waals surface area contributed by atoms with E-state index in [1.807, 2.05) is 6.26 Å². The number of thiol groups is 1. The van der Waals surface area contributed by atoms with Gasteiger partial charge in [-0.25, -0.2) is 0 Å². The first-order chi connectivity index (χ1) is 5.11. The predicted molar refractivity (Wildman–Crippen MR) is 52.8 cm³/mol. The van der Waals surface area contributed by atoms with Crippen LogP contribution in [0.1, 0.15) is 27.7 Å². The number of hydrogen-bond donors (Lipinski definition) is 1. The minimum atomic E-state index is 0.546. The molecule has 0 amide bonds. The summed E-state index contributed by atoms with van der Waals surface area (Å²) in [6.07, 6.45) is 1.90. The molecular weight excluding hydrogens is 156 g/mol. The molecule has 0 fully saturated rings. The van der Waals surface area contributed by atoms with E-state index in [1.54, 1.807) is 0 Å². The lowest BCUT2D eigenvalue weighted by atomic mass is 10.2. The summed E-state index contributed by atoms with van der Waals surface area (Å²) in [5.41, 5.74) is 0. The smallest absolute Gasteiger partial charge is 0.131 e. The second-order valence-electron chi connectivity index (χ2n) is 3.42. The molecule has 2 heteroatoms. The summed E-state index contributed by atoms with van der Waals surface area (Å²) in [5, 5.41) is 1.19. The lowest BCUT2D eigenvalue weighted by Gasteiger charge is -2.03. The van der Waals surface area contributed by atoms with E-state index in [1.165, 1.54) is 21.3 Å². The van der Waals surface area contributed by atoms with Crippen LogP contribution in [0, 0.1) is 11.8 Å². The zero-order chi connectivity index (χ0) is 8.43. The molecule has 0 aromatic carbocycles. The monoisotopic (exact) mass is 172 g/mol. The van der Waals surface area contributed by atoms with E-state index in [-0.39, 0.29) is 0 Å². The van der Waals surface area contributed by atoms with Crippen LogP contribution in [0.2, 0.25) is 0 Å². The van der Waals surface area contributed by atoms with Crippen molar-refractivity contribution in [2.75, 3.05) is 0 Å². The Morgan fingerprint density at radius 2 is 1.82 bits per heavy atom. The van der Waals surface area contributed by atoms with Gasteiger partial charge in [0.1, 0.15) is 11.3 Å². The van der Waals surface area contributed by atoms with Crippen LogP contribution in [0.15, 0.2) is 11.2 Å². The SMILES string of the molecule is CC(C)C1=COC(C(C)C)=[SH]1. The molecule has 0 aromatic rings. The first-order valence-corrected chi connectivity index (χ1v) is 4.96. The van der Waals surface area contributed by atoms with Gasteiger partial charge in [0, 0.05) is 10.8 Å². The van der Waals surface area contributed by atoms with Crippen molar-refractivity contribution in [2.45, 2.75) is 27.7 Å². The summed E-state index contributed by atoms with van der Waals surface area (Å²) in [5.74, 6) is 1.16. The molecule has 1 aliphatic heterocycles. The van der Waals surface area contributed by atoms with Crippen LogP contribution in [-0.2, 0) is 4.74 Å². The third kappa shape index (κ3) is 2.09. The third-order valence-electron chi connectivity index (χ3n) is 1.63. The van der Waals surface area contributed by atoms with E-state index in [2.05, 4.69) is 27.7 Å². The number of rotatable bonds is 2. The topological polar surface area (TPSA) is 9.23 Å². The van der Waals surface area contributed by atoms with Crippen molar-refractivity contribution in [3.8, 4) is 0 Å². The van der Waals surface area contributed by atoms with E-state index < -0.39 is 0 Å². The lowest BCUT2D eigenvalue weighted by Crippen LogP contribution is -2.03. The van der Waals surface area contributed by atoms with Gasteiger partial charge in [0.05, 0.1) is 0 Å². The van der Waals surface area contributed by atoms with E-state index in [4.69, 9.17) is 4.74 Å². The highest BCUT2D eigenvalue weighted by Crippen LogP contribution is 2.26. The molecule has 1 aliphatic rings. The van der Waals surface area contributed by atoms with Crippen LogP contribution in [0.3, 0.4) is 0 Å². The van der Waals surface area contributed by atoms with Gasteiger partial charge in [-0.3, -0.25) is 0 Å². The Bertz CT molecular complexity index is 202.